The summed E-state index contributed by atoms with van der Waals surface area (Å²) in [6, 6.07) is 31.9. The molecule has 2 fully saturated rings. The van der Waals surface area contributed by atoms with Crippen molar-refractivity contribution in [2.45, 2.75) is 49.9 Å². The summed E-state index contributed by atoms with van der Waals surface area (Å²) in [6.45, 7) is 1.20. The second-order valence-electron chi connectivity index (χ2n) is 15.4. The number of imidazole rings is 1. The second-order valence-corrected chi connectivity index (χ2v) is 15.4. The van der Waals surface area contributed by atoms with Crippen LogP contribution in [0.15, 0.2) is 114 Å². The Morgan fingerprint density at radius 3 is 1.96 bits per heavy atom. The molecular weight excluding hydrogens is 717 g/mol. The minimum absolute atomic E-state index is 0.0797. The third-order valence-corrected chi connectivity index (χ3v) is 11.3. The zero-order chi connectivity index (χ0) is 39.6. The molecule has 0 aliphatic carbocycles. The number of likely N-dealkylation sites (N-methyl/N-ethyl adjacent to an activating group) is 2. The van der Waals surface area contributed by atoms with Gasteiger partial charge < -0.3 is 24.6 Å². The SMILES string of the molecule is CN(C)[C@@H](C(=O)N1CCC[C@H]1C(=O)Nc1noc2ccc(-c3ccc(-c4cnc([C@@H]5CCCN5C(=O)[C@@H](c5ccccc5)N(C)C)[nH]4)cc3)cc12)c1ccccc1. The number of H-pyrrole nitrogens is 1. The Labute approximate surface area is 332 Å². The van der Waals surface area contributed by atoms with Gasteiger partial charge in [-0.1, -0.05) is 96.2 Å². The van der Waals surface area contributed by atoms with E-state index in [1.54, 1.807) is 4.90 Å². The summed E-state index contributed by atoms with van der Waals surface area (Å²) in [5, 5.41) is 7.85. The number of hydrogen-bond donors (Lipinski definition) is 2. The van der Waals surface area contributed by atoms with Crippen LogP contribution in [-0.4, -0.2) is 99.8 Å². The van der Waals surface area contributed by atoms with Gasteiger partial charge in [-0.25, -0.2) is 4.98 Å². The molecule has 4 atom stereocenters. The van der Waals surface area contributed by atoms with E-state index in [0.29, 0.717) is 36.3 Å². The van der Waals surface area contributed by atoms with E-state index in [-0.39, 0.29) is 29.8 Å². The van der Waals surface area contributed by atoms with Gasteiger partial charge in [-0.05, 0) is 93.8 Å². The summed E-state index contributed by atoms with van der Waals surface area (Å²) in [7, 11) is 7.64. The van der Waals surface area contributed by atoms with Gasteiger partial charge in [-0.2, -0.15) is 0 Å². The lowest BCUT2D eigenvalue weighted by atomic mass is 10.0. The molecule has 57 heavy (non-hydrogen) atoms. The highest BCUT2D eigenvalue weighted by Crippen LogP contribution is 2.36. The number of aromatic amines is 1. The fourth-order valence-electron chi connectivity index (χ4n) is 8.43. The molecule has 12 nitrogen and oxygen atoms in total. The Kier molecular flexibility index (Phi) is 10.7. The largest absolute Gasteiger partial charge is 0.354 e. The quantitative estimate of drug-likeness (QED) is 0.143. The third kappa shape index (κ3) is 7.58. The van der Waals surface area contributed by atoms with Crippen molar-refractivity contribution < 1.29 is 18.9 Å². The monoisotopic (exact) mass is 764 g/mol. The van der Waals surface area contributed by atoms with Crippen LogP contribution in [0.5, 0.6) is 0 Å². The lowest BCUT2D eigenvalue weighted by Crippen LogP contribution is -2.47. The van der Waals surface area contributed by atoms with E-state index in [1.165, 1.54) is 0 Å². The van der Waals surface area contributed by atoms with Crippen LogP contribution < -0.4 is 5.32 Å². The van der Waals surface area contributed by atoms with Crippen LogP contribution in [0.2, 0.25) is 0 Å². The van der Waals surface area contributed by atoms with E-state index in [1.807, 2.05) is 152 Å². The van der Waals surface area contributed by atoms with Gasteiger partial charge in [0.1, 0.15) is 23.9 Å². The molecule has 0 spiro atoms. The van der Waals surface area contributed by atoms with Crippen molar-refractivity contribution in [1.29, 1.82) is 0 Å². The number of likely N-dealkylation sites (tertiary alicyclic amines) is 2. The predicted molar refractivity (Wildman–Crippen MR) is 220 cm³/mol. The van der Waals surface area contributed by atoms with Crippen molar-refractivity contribution in [3.8, 4) is 22.4 Å². The Balaban J connectivity index is 0.961. The first-order valence-corrected chi connectivity index (χ1v) is 19.6. The van der Waals surface area contributed by atoms with Crippen molar-refractivity contribution in [3.05, 3.63) is 126 Å². The first-order chi connectivity index (χ1) is 27.7. The molecule has 292 valence electrons. The number of benzene rings is 4. The summed E-state index contributed by atoms with van der Waals surface area (Å²) in [6.07, 6.45) is 4.92. The van der Waals surface area contributed by atoms with Crippen LogP contribution in [-0.2, 0) is 14.4 Å². The fourth-order valence-corrected chi connectivity index (χ4v) is 8.43. The molecule has 4 heterocycles. The maximum Gasteiger partial charge on any atom is 0.248 e. The summed E-state index contributed by atoms with van der Waals surface area (Å²) >= 11 is 0. The van der Waals surface area contributed by atoms with Crippen LogP contribution in [0.1, 0.15) is 60.8 Å². The summed E-state index contributed by atoms with van der Waals surface area (Å²) in [5.74, 6) is 0.811. The molecule has 0 bridgehead atoms. The number of hydrogen-bond acceptors (Lipinski definition) is 8. The minimum Gasteiger partial charge on any atom is -0.354 e. The molecule has 6 aromatic rings. The molecule has 8 rings (SSSR count). The zero-order valence-corrected chi connectivity index (χ0v) is 32.8. The average molecular weight is 765 g/mol. The van der Waals surface area contributed by atoms with Gasteiger partial charge in [0.2, 0.25) is 17.7 Å². The Morgan fingerprint density at radius 2 is 1.32 bits per heavy atom. The van der Waals surface area contributed by atoms with Crippen molar-refractivity contribution in [2.24, 2.45) is 0 Å². The van der Waals surface area contributed by atoms with Gasteiger partial charge >= 0.3 is 0 Å². The van der Waals surface area contributed by atoms with E-state index in [2.05, 4.69) is 15.5 Å². The van der Waals surface area contributed by atoms with Crippen LogP contribution in [0, 0.1) is 0 Å². The molecule has 0 unspecified atom stereocenters. The molecule has 0 radical (unpaired) electrons. The highest BCUT2D eigenvalue weighted by molar-refractivity contribution is 6.03. The number of fused-ring (bicyclic) bond motifs is 1. The predicted octanol–water partition coefficient (Wildman–Crippen LogP) is 7.08. The van der Waals surface area contributed by atoms with E-state index >= 15 is 0 Å². The Bertz CT molecular complexity index is 2360. The highest BCUT2D eigenvalue weighted by Gasteiger charge is 2.39. The number of rotatable bonds is 11. The number of nitrogens with one attached hydrogen (secondary N) is 2. The number of carbonyl (C=O) groups is 3. The zero-order valence-electron chi connectivity index (χ0n) is 32.8. The van der Waals surface area contributed by atoms with Crippen LogP contribution in [0.4, 0.5) is 5.82 Å². The maximum atomic E-state index is 13.9. The van der Waals surface area contributed by atoms with Crippen LogP contribution >= 0.6 is 0 Å². The van der Waals surface area contributed by atoms with E-state index in [4.69, 9.17) is 9.51 Å². The molecule has 2 N–H and O–H groups in total. The molecule has 2 aromatic heterocycles. The van der Waals surface area contributed by atoms with E-state index < -0.39 is 12.1 Å². The molecule has 2 saturated heterocycles. The normalized spacial score (nSPS) is 18.1. The highest BCUT2D eigenvalue weighted by atomic mass is 16.5. The lowest BCUT2D eigenvalue weighted by Gasteiger charge is -2.31. The van der Waals surface area contributed by atoms with E-state index in [9.17, 15) is 14.4 Å². The van der Waals surface area contributed by atoms with Gasteiger partial charge in [0.05, 0.1) is 23.3 Å². The standard InChI is InChI=1S/C45H48N8O4/c1-50(2)39(31-13-7-5-8-14-31)44(55)52-25-11-17-36(52)42-46-28-35(47-42)30-21-19-29(20-22-30)33-23-24-38-34(27-33)41(49-57-38)48-43(54)37-18-12-26-53(37)45(56)40(51(3)4)32-15-9-6-10-16-32/h5-10,13-16,19-24,27-28,36-37,39-40H,11-12,17-18,25-26H2,1-4H3,(H,46,47)(H,48,49,54)/t36-,37-,39+,40+/m0/s1. The van der Waals surface area contributed by atoms with Gasteiger partial charge in [0.25, 0.3) is 0 Å². The number of aromatic nitrogens is 3. The molecular formula is C45H48N8O4. The summed E-state index contributed by atoms with van der Waals surface area (Å²) < 4.78 is 5.61. The van der Waals surface area contributed by atoms with Gasteiger partial charge in [0.15, 0.2) is 11.4 Å². The number of nitrogens with zero attached hydrogens (tertiary/aromatic N) is 6. The third-order valence-electron chi connectivity index (χ3n) is 11.3. The minimum atomic E-state index is -0.615. The molecule has 3 amide bonds. The fraction of sp³-hybridized carbons (Fsp3) is 0.311. The molecule has 0 saturated carbocycles. The molecule has 2 aliphatic rings. The van der Waals surface area contributed by atoms with Crippen LogP contribution in [0.3, 0.4) is 0 Å². The molecule has 4 aromatic carbocycles. The maximum absolute atomic E-state index is 13.9. The Hall–Kier alpha value is -6.11. The topological polar surface area (TPSA) is 131 Å². The van der Waals surface area contributed by atoms with E-state index in [0.717, 1.165) is 58.6 Å². The average Bonchev–Trinajstić information content (AvgIpc) is 4.06. The van der Waals surface area contributed by atoms with Crippen molar-refractivity contribution >= 4 is 34.5 Å². The lowest BCUT2D eigenvalue weighted by molar-refractivity contribution is -0.140. The van der Waals surface area contributed by atoms with Gasteiger partial charge in [-0.3, -0.25) is 24.2 Å². The Morgan fingerprint density at radius 1 is 0.737 bits per heavy atom. The smallest absolute Gasteiger partial charge is 0.248 e. The van der Waals surface area contributed by atoms with Gasteiger partial charge in [-0.15, -0.1) is 0 Å². The number of anilines is 1. The first-order valence-electron chi connectivity index (χ1n) is 19.6. The number of carbonyl (C=O) groups excluding carboxylic acids is 3. The van der Waals surface area contributed by atoms with Crippen molar-refractivity contribution in [3.63, 3.8) is 0 Å². The first kappa shape index (κ1) is 37.8. The number of amides is 3. The van der Waals surface area contributed by atoms with Gasteiger partial charge in [0, 0.05) is 13.1 Å². The van der Waals surface area contributed by atoms with Crippen molar-refractivity contribution in [2.75, 3.05) is 46.6 Å². The summed E-state index contributed by atoms with van der Waals surface area (Å²) in [4.78, 5) is 57.4. The molecule has 12 heteroatoms. The molecule has 2 aliphatic heterocycles. The second kappa shape index (κ2) is 16.2. The van der Waals surface area contributed by atoms with Crippen molar-refractivity contribution in [1.82, 2.24) is 34.7 Å². The van der Waals surface area contributed by atoms with Crippen LogP contribution in [0.25, 0.3) is 33.4 Å². The summed E-state index contributed by atoms with van der Waals surface area (Å²) in [5.41, 5.74) is 6.17.